The minimum atomic E-state index is -0.298. The molecule has 1 aliphatic heterocycles. The first-order valence-electron chi connectivity index (χ1n) is 13.0. The van der Waals surface area contributed by atoms with Gasteiger partial charge in [-0.15, -0.1) is 0 Å². The molecule has 39 heavy (non-hydrogen) atoms. The van der Waals surface area contributed by atoms with Crippen molar-refractivity contribution in [3.63, 3.8) is 0 Å². The summed E-state index contributed by atoms with van der Waals surface area (Å²) in [4.78, 5) is 24.2. The SMILES string of the molecule is COCCN1CC(NC(=O)Nc2c(C)c(-c3cnc(CO)nc3)nn2-c2ccccc2)[C@H](c2ccccc2)C1. The fraction of sp³-hybridized carbons (Fsp3) is 0.310. The van der Waals surface area contributed by atoms with Crippen LogP contribution in [-0.4, -0.2) is 75.2 Å². The zero-order chi connectivity index (χ0) is 27.2. The van der Waals surface area contributed by atoms with Gasteiger partial charge in [-0.2, -0.15) is 5.10 Å². The van der Waals surface area contributed by atoms with Crippen LogP contribution in [0.3, 0.4) is 0 Å². The van der Waals surface area contributed by atoms with E-state index >= 15 is 0 Å². The van der Waals surface area contributed by atoms with Crippen LogP contribution in [0, 0.1) is 6.92 Å². The molecule has 2 aromatic heterocycles. The van der Waals surface area contributed by atoms with Crippen molar-refractivity contribution >= 4 is 11.8 Å². The molecule has 2 aromatic carbocycles. The molecule has 0 aliphatic carbocycles. The summed E-state index contributed by atoms with van der Waals surface area (Å²) in [7, 11) is 1.70. The summed E-state index contributed by atoms with van der Waals surface area (Å²) in [6.07, 6.45) is 3.26. The first-order chi connectivity index (χ1) is 19.1. The minimum Gasteiger partial charge on any atom is -0.388 e. The number of nitrogens with one attached hydrogen (secondary N) is 2. The summed E-state index contributed by atoms with van der Waals surface area (Å²) in [5.41, 5.74) is 4.12. The summed E-state index contributed by atoms with van der Waals surface area (Å²) in [6.45, 7) is 4.69. The number of likely N-dealkylation sites (tertiary alicyclic amines) is 1. The maximum Gasteiger partial charge on any atom is 0.320 e. The smallest absolute Gasteiger partial charge is 0.320 e. The Hall–Kier alpha value is -4.12. The lowest BCUT2D eigenvalue weighted by atomic mass is 9.94. The highest BCUT2D eigenvalue weighted by Gasteiger charge is 2.35. The second-order valence-electron chi connectivity index (χ2n) is 9.59. The van der Waals surface area contributed by atoms with Crippen LogP contribution >= 0.6 is 0 Å². The number of ether oxygens (including phenoxy) is 1. The Morgan fingerprint density at radius 2 is 1.74 bits per heavy atom. The van der Waals surface area contributed by atoms with E-state index < -0.39 is 0 Å². The average Bonchev–Trinajstić information content (AvgIpc) is 3.53. The lowest BCUT2D eigenvalue weighted by molar-refractivity contribution is 0.159. The number of aliphatic hydroxyl groups is 1. The number of hydrogen-bond acceptors (Lipinski definition) is 7. The highest BCUT2D eigenvalue weighted by Crippen LogP contribution is 2.31. The highest BCUT2D eigenvalue weighted by molar-refractivity contribution is 5.91. The van der Waals surface area contributed by atoms with Gasteiger partial charge in [0.05, 0.1) is 18.3 Å². The van der Waals surface area contributed by atoms with Gasteiger partial charge in [0, 0.05) is 56.2 Å². The number of benzene rings is 2. The van der Waals surface area contributed by atoms with Gasteiger partial charge in [-0.1, -0.05) is 48.5 Å². The summed E-state index contributed by atoms with van der Waals surface area (Å²) < 4.78 is 7.01. The van der Waals surface area contributed by atoms with Crippen LogP contribution in [-0.2, 0) is 11.3 Å². The van der Waals surface area contributed by atoms with Crippen molar-refractivity contribution in [1.29, 1.82) is 0 Å². The van der Waals surface area contributed by atoms with Crippen molar-refractivity contribution in [3.8, 4) is 16.9 Å². The first-order valence-corrected chi connectivity index (χ1v) is 13.0. The van der Waals surface area contributed by atoms with Crippen LogP contribution in [0.1, 0.15) is 22.9 Å². The van der Waals surface area contributed by atoms with E-state index in [4.69, 9.17) is 9.84 Å². The van der Waals surface area contributed by atoms with E-state index in [1.165, 1.54) is 5.56 Å². The van der Waals surface area contributed by atoms with Crippen LogP contribution in [0.15, 0.2) is 73.1 Å². The molecule has 2 amide bonds. The Bertz CT molecular complexity index is 1380. The van der Waals surface area contributed by atoms with Gasteiger partial charge < -0.3 is 15.2 Å². The number of aliphatic hydroxyl groups excluding tert-OH is 1. The molecule has 4 aromatic rings. The van der Waals surface area contributed by atoms with Gasteiger partial charge in [0.1, 0.15) is 18.1 Å². The molecule has 1 saturated heterocycles. The number of nitrogens with zero attached hydrogens (tertiary/aromatic N) is 5. The normalized spacial score (nSPS) is 17.3. The molecule has 2 atom stereocenters. The van der Waals surface area contributed by atoms with Crippen molar-refractivity contribution in [2.45, 2.75) is 25.5 Å². The molecule has 0 bridgehead atoms. The molecule has 3 heterocycles. The Morgan fingerprint density at radius 1 is 1.05 bits per heavy atom. The third-order valence-electron chi connectivity index (χ3n) is 7.03. The molecule has 3 N–H and O–H groups in total. The topological polar surface area (TPSA) is 117 Å². The number of methoxy groups -OCH3 is 1. The second kappa shape index (κ2) is 12.2. The monoisotopic (exact) mass is 527 g/mol. The lowest BCUT2D eigenvalue weighted by Crippen LogP contribution is -2.42. The van der Waals surface area contributed by atoms with Gasteiger partial charge in [0.25, 0.3) is 0 Å². The van der Waals surface area contributed by atoms with E-state index in [0.717, 1.165) is 30.9 Å². The standard InChI is InChI=1S/C29H33N7O3/c1-20-27(22-15-30-26(19-37)31-16-22)34-36(23-11-7-4-8-12-23)28(20)33-29(38)32-25-18-35(13-14-39-2)17-24(25)21-9-5-3-6-10-21/h3-12,15-16,24-25,37H,13-14,17-19H2,1-2H3,(H2,32,33,38)/t24-,25?/m0/s1. The van der Waals surface area contributed by atoms with Crippen molar-refractivity contribution in [2.75, 3.05) is 38.7 Å². The third-order valence-corrected chi connectivity index (χ3v) is 7.03. The Balaban J connectivity index is 1.41. The van der Waals surface area contributed by atoms with Crippen LogP contribution in [0.4, 0.5) is 10.6 Å². The Kier molecular flexibility index (Phi) is 8.26. The number of amides is 2. The van der Waals surface area contributed by atoms with E-state index in [1.54, 1.807) is 24.2 Å². The molecule has 0 saturated carbocycles. The number of carbonyl (C=O) groups excluding carboxylic acids is 1. The molecule has 1 aliphatic rings. The molecule has 10 heteroatoms. The molecule has 0 spiro atoms. The van der Waals surface area contributed by atoms with Crippen LogP contribution in [0.25, 0.3) is 16.9 Å². The fourth-order valence-electron chi connectivity index (χ4n) is 5.02. The van der Waals surface area contributed by atoms with Crippen molar-refractivity contribution in [1.82, 2.24) is 30.0 Å². The Labute approximate surface area is 227 Å². The fourth-order valence-corrected chi connectivity index (χ4v) is 5.02. The van der Waals surface area contributed by atoms with Gasteiger partial charge in [0.15, 0.2) is 5.82 Å². The molecule has 0 radical (unpaired) electrons. The number of urea groups is 1. The van der Waals surface area contributed by atoms with Crippen LogP contribution in [0.5, 0.6) is 0 Å². The molecular weight excluding hydrogens is 494 g/mol. The van der Waals surface area contributed by atoms with Gasteiger partial charge in [0.2, 0.25) is 0 Å². The Morgan fingerprint density at radius 3 is 2.41 bits per heavy atom. The first kappa shape index (κ1) is 26.5. The van der Waals surface area contributed by atoms with Crippen molar-refractivity contribution in [2.24, 2.45) is 0 Å². The van der Waals surface area contributed by atoms with Crippen LogP contribution in [0.2, 0.25) is 0 Å². The van der Waals surface area contributed by atoms with E-state index in [-0.39, 0.29) is 24.6 Å². The summed E-state index contributed by atoms with van der Waals surface area (Å²) in [5, 5.41) is 20.4. The van der Waals surface area contributed by atoms with E-state index in [1.807, 2.05) is 55.5 Å². The van der Waals surface area contributed by atoms with Gasteiger partial charge >= 0.3 is 6.03 Å². The van der Waals surface area contributed by atoms with Gasteiger partial charge in [-0.05, 0) is 24.6 Å². The zero-order valence-corrected chi connectivity index (χ0v) is 22.1. The van der Waals surface area contributed by atoms with E-state index in [0.29, 0.717) is 29.5 Å². The van der Waals surface area contributed by atoms with E-state index in [2.05, 4.69) is 37.6 Å². The number of anilines is 1. The lowest BCUT2D eigenvalue weighted by Gasteiger charge is -2.21. The molecule has 10 nitrogen and oxygen atoms in total. The molecular formula is C29H33N7O3. The van der Waals surface area contributed by atoms with E-state index in [9.17, 15) is 9.90 Å². The molecule has 5 rings (SSSR count). The summed E-state index contributed by atoms with van der Waals surface area (Å²) in [6, 6.07) is 19.6. The number of carbonyl (C=O) groups is 1. The van der Waals surface area contributed by atoms with Crippen molar-refractivity contribution in [3.05, 3.63) is 90.0 Å². The van der Waals surface area contributed by atoms with Gasteiger partial charge in [-0.25, -0.2) is 19.4 Å². The second-order valence-corrected chi connectivity index (χ2v) is 9.59. The number of para-hydroxylation sites is 1. The zero-order valence-electron chi connectivity index (χ0n) is 22.1. The molecule has 202 valence electrons. The number of aromatic nitrogens is 4. The molecule has 1 fully saturated rings. The average molecular weight is 528 g/mol. The minimum absolute atomic E-state index is 0.0726. The predicted molar refractivity (Wildman–Crippen MR) is 149 cm³/mol. The maximum absolute atomic E-state index is 13.5. The quantitative estimate of drug-likeness (QED) is 0.306. The molecule has 1 unspecified atom stereocenters. The maximum atomic E-state index is 13.5. The predicted octanol–water partition coefficient (Wildman–Crippen LogP) is 3.37. The number of rotatable bonds is 9. The van der Waals surface area contributed by atoms with Crippen LogP contribution < -0.4 is 10.6 Å². The highest BCUT2D eigenvalue weighted by atomic mass is 16.5. The number of hydrogen-bond donors (Lipinski definition) is 3. The summed E-state index contributed by atoms with van der Waals surface area (Å²) in [5.74, 6) is 1.05. The summed E-state index contributed by atoms with van der Waals surface area (Å²) >= 11 is 0. The largest absolute Gasteiger partial charge is 0.388 e. The third kappa shape index (κ3) is 5.98. The van der Waals surface area contributed by atoms with Crippen molar-refractivity contribution < 1.29 is 14.6 Å². The van der Waals surface area contributed by atoms with Gasteiger partial charge in [-0.3, -0.25) is 10.2 Å².